The topological polar surface area (TPSA) is 67.0 Å². The lowest BCUT2D eigenvalue weighted by atomic mass is 10.0. The second kappa shape index (κ2) is 7.71. The van der Waals surface area contributed by atoms with E-state index in [0.717, 1.165) is 12.1 Å². The molecule has 158 valence electrons. The van der Waals surface area contributed by atoms with E-state index in [4.69, 9.17) is 0 Å². The average Bonchev–Trinajstić information content (AvgIpc) is 3.09. The van der Waals surface area contributed by atoms with Gasteiger partial charge in [-0.1, -0.05) is 18.2 Å². The Morgan fingerprint density at radius 1 is 0.935 bits per heavy atom. The molecule has 0 radical (unpaired) electrons. The van der Waals surface area contributed by atoms with Gasteiger partial charge in [-0.3, -0.25) is 9.89 Å². The van der Waals surface area contributed by atoms with Gasteiger partial charge in [0, 0.05) is 11.5 Å². The summed E-state index contributed by atoms with van der Waals surface area (Å²) in [5.74, 6) is -2.79. The predicted octanol–water partition coefficient (Wildman–Crippen LogP) is 5.66. The second-order valence-corrected chi connectivity index (χ2v) is 6.48. The number of rotatable bonds is 4. The van der Waals surface area contributed by atoms with E-state index in [0.29, 0.717) is 28.1 Å². The number of anilines is 1. The Morgan fingerprint density at radius 2 is 1.65 bits per heavy atom. The molecule has 0 saturated heterocycles. The maximum atomic E-state index is 13.8. The summed E-state index contributed by atoms with van der Waals surface area (Å²) in [5, 5.41) is 9.72. The van der Waals surface area contributed by atoms with E-state index in [1.165, 1.54) is 24.3 Å². The van der Waals surface area contributed by atoms with Crippen molar-refractivity contribution in [1.82, 2.24) is 10.2 Å². The molecule has 3 aromatic carbocycles. The van der Waals surface area contributed by atoms with Crippen molar-refractivity contribution >= 4 is 22.6 Å². The van der Waals surface area contributed by atoms with Crippen molar-refractivity contribution < 1.29 is 31.5 Å². The summed E-state index contributed by atoms with van der Waals surface area (Å²) in [6.07, 6.45) is -4.77. The number of hydrogen-bond donors (Lipinski definition) is 2. The highest BCUT2D eigenvalue weighted by Crippen LogP contribution is 2.30. The SMILES string of the molecule is O=C(Nc1n[nH]c2cc(-c3ccc(OC(F)(F)F)cc3)ccc12)c1ccc(F)cc1F. The Balaban J connectivity index is 1.56. The zero-order valence-corrected chi connectivity index (χ0v) is 15.4. The van der Waals surface area contributed by atoms with Crippen LogP contribution in [0.4, 0.5) is 27.8 Å². The van der Waals surface area contributed by atoms with Crippen LogP contribution in [0.3, 0.4) is 0 Å². The standard InChI is InChI=1S/C21H12F5N3O2/c22-13-4-8-15(17(23)10-13)20(30)27-19-16-7-3-12(9-18(16)28-29-19)11-1-5-14(6-2-11)31-21(24,25)26/h1-10H,(H2,27,28,29,30). The van der Waals surface area contributed by atoms with Gasteiger partial charge < -0.3 is 10.1 Å². The fourth-order valence-corrected chi connectivity index (χ4v) is 2.99. The molecule has 10 heteroatoms. The number of alkyl halides is 3. The highest BCUT2D eigenvalue weighted by molar-refractivity contribution is 6.08. The summed E-state index contributed by atoms with van der Waals surface area (Å²) in [6, 6.07) is 13.0. The summed E-state index contributed by atoms with van der Waals surface area (Å²) < 4.78 is 67.5. The third-order valence-corrected chi connectivity index (χ3v) is 4.39. The van der Waals surface area contributed by atoms with Crippen LogP contribution < -0.4 is 10.1 Å². The Bertz CT molecular complexity index is 1270. The van der Waals surface area contributed by atoms with E-state index in [1.54, 1.807) is 18.2 Å². The number of nitrogens with zero attached hydrogens (tertiary/aromatic N) is 1. The quantitative estimate of drug-likeness (QED) is 0.408. The number of carbonyl (C=O) groups is 1. The first-order valence-electron chi connectivity index (χ1n) is 8.80. The van der Waals surface area contributed by atoms with Gasteiger partial charge in [0.1, 0.15) is 17.4 Å². The summed E-state index contributed by atoms with van der Waals surface area (Å²) in [7, 11) is 0. The van der Waals surface area contributed by atoms with Crippen LogP contribution in [-0.4, -0.2) is 22.5 Å². The van der Waals surface area contributed by atoms with Crippen LogP contribution >= 0.6 is 0 Å². The van der Waals surface area contributed by atoms with Crippen LogP contribution in [-0.2, 0) is 0 Å². The molecule has 0 aliphatic rings. The minimum Gasteiger partial charge on any atom is -0.406 e. The minimum absolute atomic E-state index is 0.143. The number of carbonyl (C=O) groups excluding carboxylic acids is 1. The molecular weight excluding hydrogens is 421 g/mol. The monoisotopic (exact) mass is 433 g/mol. The van der Waals surface area contributed by atoms with Gasteiger partial charge >= 0.3 is 6.36 Å². The van der Waals surface area contributed by atoms with Crippen molar-refractivity contribution in [3.8, 4) is 16.9 Å². The molecule has 4 rings (SSSR count). The zero-order chi connectivity index (χ0) is 22.2. The van der Waals surface area contributed by atoms with Crippen molar-refractivity contribution in [3.63, 3.8) is 0 Å². The lowest BCUT2D eigenvalue weighted by Crippen LogP contribution is -2.16. The molecule has 4 aromatic rings. The van der Waals surface area contributed by atoms with E-state index in [1.807, 2.05) is 0 Å². The molecule has 2 N–H and O–H groups in total. The third kappa shape index (κ3) is 4.47. The van der Waals surface area contributed by atoms with Crippen LogP contribution in [0.5, 0.6) is 5.75 Å². The van der Waals surface area contributed by atoms with Crippen LogP contribution in [0, 0.1) is 11.6 Å². The molecule has 0 atom stereocenters. The normalized spacial score (nSPS) is 11.5. The molecule has 1 heterocycles. The van der Waals surface area contributed by atoms with Crippen molar-refractivity contribution in [2.75, 3.05) is 5.32 Å². The van der Waals surface area contributed by atoms with E-state index in [2.05, 4.69) is 20.3 Å². The Labute approximate surface area is 171 Å². The van der Waals surface area contributed by atoms with Gasteiger partial charge in [0.15, 0.2) is 5.82 Å². The van der Waals surface area contributed by atoms with Crippen molar-refractivity contribution in [3.05, 3.63) is 77.9 Å². The number of H-pyrrole nitrogens is 1. The molecule has 31 heavy (non-hydrogen) atoms. The maximum Gasteiger partial charge on any atom is 0.573 e. The fraction of sp³-hybridized carbons (Fsp3) is 0.0476. The number of aromatic nitrogens is 2. The minimum atomic E-state index is -4.77. The van der Waals surface area contributed by atoms with E-state index < -0.39 is 23.9 Å². The second-order valence-electron chi connectivity index (χ2n) is 6.48. The van der Waals surface area contributed by atoms with E-state index in [-0.39, 0.29) is 17.1 Å². The van der Waals surface area contributed by atoms with Gasteiger partial charge in [0.2, 0.25) is 0 Å². The predicted molar refractivity (Wildman–Crippen MR) is 103 cm³/mol. The number of halogens is 5. The van der Waals surface area contributed by atoms with Crippen molar-refractivity contribution in [2.45, 2.75) is 6.36 Å². The summed E-state index contributed by atoms with van der Waals surface area (Å²) in [6.45, 7) is 0. The summed E-state index contributed by atoms with van der Waals surface area (Å²) >= 11 is 0. The number of nitrogens with one attached hydrogen (secondary N) is 2. The van der Waals surface area contributed by atoms with Gasteiger partial charge in [-0.05, 0) is 47.5 Å². The van der Waals surface area contributed by atoms with E-state index in [9.17, 15) is 26.7 Å². The molecule has 5 nitrogen and oxygen atoms in total. The number of amides is 1. The highest BCUT2D eigenvalue weighted by Gasteiger charge is 2.31. The van der Waals surface area contributed by atoms with Crippen molar-refractivity contribution in [1.29, 1.82) is 0 Å². The first kappa shape index (κ1) is 20.3. The molecule has 1 amide bonds. The number of aromatic amines is 1. The molecule has 0 unspecified atom stereocenters. The number of fused-ring (bicyclic) bond motifs is 1. The van der Waals surface area contributed by atoms with Gasteiger partial charge in [-0.25, -0.2) is 8.78 Å². The van der Waals surface area contributed by atoms with Gasteiger partial charge in [0.25, 0.3) is 5.91 Å². The summed E-state index contributed by atoms with van der Waals surface area (Å²) in [5.41, 5.74) is 1.50. The molecule has 0 fully saturated rings. The number of benzene rings is 3. The fourth-order valence-electron chi connectivity index (χ4n) is 2.99. The zero-order valence-electron chi connectivity index (χ0n) is 15.4. The van der Waals surface area contributed by atoms with Gasteiger partial charge in [-0.2, -0.15) is 5.10 Å². The Hall–Kier alpha value is -3.95. The molecule has 0 saturated carbocycles. The maximum absolute atomic E-state index is 13.8. The number of hydrogen-bond acceptors (Lipinski definition) is 3. The smallest absolute Gasteiger partial charge is 0.406 e. The molecular formula is C21H12F5N3O2. The first-order valence-corrected chi connectivity index (χ1v) is 8.80. The lowest BCUT2D eigenvalue weighted by Gasteiger charge is -2.09. The van der Waals surface area contributed by atoms with Gasteiger partial charge in [0.05, 0.1) is 11.1 Å². The Morgan fingerprint density at radius 3 is 2.32 bits per heavy atom. The largest absolute Gasteiger partial charge is 0.573 e. The van der Waals surface area contributed by atoms with Crippen molar-refractivity contribution in [2.24, 2.45) is 0 Å². The van der Waals surface area contributed by atoms with Crippen LogP contribution in [0.25, 0.3) is 22.0 Å². The molecule has 0 bridgehead atoms. The van der Waals surface area contributed by atoms with Crippen LogP contribution in [0.2, 0.25) is 0 Å². The van der Waals surface area contributed by atoms with Crippen LogP contribution in [0.1, 0.15) is 10.4 Å². The Kier molecular flexibility index (Phi) is 5.05. The summed E-state index contributed by atoms with van der Waals surface area (Å²) in [4.78, 5) is 12.3. The highest BCUT2D eigenvalue weighted by atomic mass is 19.4. The third-order valence-electron chi connectivity index (χ3n) is 4.39. The molecule has 1 aromatic heterocycles. The first-order chi connectivity index (χ1) is 14.7. The lowest BCUT2D eigenvalue weighted by molar-refractivity contribution is -0.274. The molecule has 0 aliphatic heterocycles. The molecule has 0 spiro atoms. The van der Waals surface area contributed by atoms with E-state index >= 15 is 0 Å². The van der Waals surface area contributed by atoms with Gasteiger partial charge in [-0.15, -0.1) is 13.2 Å². The number of ether oxygens (including phenoxy) is 1. The van der Waals surface area contributed by atoms with Crippen LogP contribution in [0.15, 0.2) is 60.7 Å². The average molecular weight is 433 g/mol. The molecule has 0 aliphatic carbocycles.